The SMILES string of the molecule is CC1(C)OC2C34COC(=O)C25C=CC2CCC5(C2)CC2CC5(C)C(c6ccoc6CC(C(O)CO)C6CCC7C(C=CN8CNCC78)C6)OC(=O)C6OC65C(C)(C(O)C(=O)C13)C24. The fourth-order valence-corrected chi connectivity index (χ4v) is 18.9. The van der Waals surface area contributed by atoms with Crippen LogP contribution in [0.1, 0.15) is 96.5 Å². The summed E-state index contributed by atoms with van der Waals surface area (Å²) in [5, 5.41) is 38.5. The molecule has 10 fully saturated rings. The number of rotatable bonds is 6. The molecule has 5 saturated carbocycles. The van der Waals surface area contributed by atoms with Crippen molar-refractivity contribution >= 4 is 17.7 Å². The molecule has 4 spiro atoms. The summed E-state index contributed by atoms with van der Waals surface area (Å²) in [5.41, 5.74) is -6.35. The summed E-state index contributed by atoms with van der Waals surface area (Å²) in [6.45, 7) is 9.46. The summed E-state index contributed by atoms with van der Waals surface area (Å²) in [4.78, 5) is 46.9. The van der Waals surface area contributed by atoms with Crippen molar-refractivity contribution in [1.29, 1.82) is 0 Å². The van der Waals surface area contributed by atoms with E-state index in [1.807, 2.05) is 26.8 Å². The number of hydrogen-bond acceptors (Lipinski definition) is 13. The zero-order valence-electron chi connectivity index (χ0n) is 36.3. The Morgan fingerprint density at radius 2 is 1.85 bits per heavy atom. The van der Waals surface area contributed by atoms with Gasteiger partial charge in [-0.3, -0.25) is 14.9 Å². The number of nitrogens with zero attached hydrogens (tertiary/aromatic N) is 1. The van der Waals surface area contributed by atoms with Gasteiger partial charge in [-0.2, -0.15) is 0 Å². The van der Waals surface area contributed by atoms with E-state index in [-0.39, 0.29) is 48.6 Å². The molecule has 20 unspecified atom stereocenters. The number of epoxide rings is 1. The molecule has 4 bridgehead atoms. The molecular formula is C49H62N2O11. The highest BCUT2D eigenvalue weighted by Gasteiger charge is 2.94. The van der Waals surface area contributed by atoms with E-state index >= 15 is 4.79 Å². The van der Waals surface area contributed by atoms with E-state index in [0.717, 1.165) is 51.7 Å². The monoisotopic (exact) mass is 854 g/mol. The Labute approximate surface area is 362 Å². The minimum absolute atomic E-state index is 0.00899. The predicted octanol–water partition coefficient (Wildman–Crippen LogP) is 3.99. The second-order valence-corrected chi connectivity index (χ2v) is 23.3. The standard InChI is InChI=1S/C49H62N2O11/c1-43(2)36-34(54)37(55)45(4)35-27(19-46-11-7-24(17-46)8-12-48(46)41(62-43)47(35,36)22-59-42(48)57)18-44(3)38(60-40(56)39-49(44,45)61-39)29-10-14-58-33(29)16-30(32(53)21-52)25-5-6-28-26(15-25)9-13-51-23-50-20-31(28)51/h8-10,12-14,24-28,30-32,35-39,41,50,52-53,55H,5-7,11,15-23H2,1-4H3. The van der Waals surface area contributed by atoms with E-state index in [9.17, 15) is 24.9 Å². The van der Waals surface area contributed by atoms with Gasteiger partial charge in [0.1, 0.15) is 35.6 Å². The van der Waals surface area contributed by atoms with Crippen molar-refractivity contribution < 1.29 is 53.1 Å². The second kappa shape index (κ2) is 12.2. The molecule has 0 amide bonds. The van der Waals surface area contributed by atoms with E-state index in [4.69, 9.17) is 23.4 Å². The molecule has 5 saturated heterocycles. The van der Waals surface area contributed by atoms with E-state index in [1.54, 1.807) is 6.26 Å². The van der Waals surface area contributed by atoms with Gasteiger partial charge >= 0.3 is 11.9 Å². The molecule has 13 heteroatoms. The molecule has 1 aromatic heterocycles. The Balaban J connectivity index is 0.923. The van der Waals surface area contributed by atoms with Gasteiger partial charge in [-0.1, -0.05) is 32.1 Å². The van der Waals surface area contributed by atoms with Gasteiger partial charge in [0.05, 0.1) is 43.3 Å². The highest BCUT2D eigenvalue weighted by Crippen LogP contribution is 2.85. The number of furan rings is 1. The normalized spacial score (nSPS) is 53.9. The number of cyclic esters (lactones) is 2. The van der Waals surface area contributed by atoms with Gasteiger partial charge in [-0.25, -0.2) is 4.79 Å². The van der Waals surface area contributed by atoms with Crippen LogP contribution >= 0.6 is 0 Å². The smallest absolute Gasteiger partial charge is 0.339 e. The number of esters is 2. The fourth-order valence-electron chi connectivity index (χ4n) is 18.9. The molecule has 1 aromatic rings. The Morgan fingerprint density at radius 1 is 1.02 bits per heavy atom. The number of Topliss-reactive ketones (excluding diaryl/α,β-unsaturated/α-hetero) is 1. The topological polar surface area (TPSA) is 181 Å². The zero-order valence-corrected chi connectivity index (χ0v) is 36.3. The third-order valence-corrected chi connectivity index (χ3v) is 20.8. The lowest BCUT2D eigenvalue weighted by molar-refractivity contribution is -0.269. The van der Waals surface area contributed by atoms with Crippen LogP contribution in [0.15, 0.2) is 41.2 Å². The summed E-state index contributed by atoms with van der Waals surface area (Å²) < 4.78 is 33.5. The number of carbonyl (C=O) groups is 3. The van der Waals surface area contributed by atoms with Crippen LogP contribution in [0, 0.1) is 74.4 Å². The van der Waals surface area contributed by atoms with Crippen LogP contribution in [0.5, 0.6) is 0 Å². The number of ketones is 1. The van der Waals surface area contributed by atoms with Crippen LogP contribution in [0.2, 0.25) is 0 Å². The summed E-state index contributed by atoms with van der Waals surface area (Å²) in [6, 6.07) is 2.35. The van der Waals surface area contributed by atoms with Gasteiger partial charge in [-0.05, 0) is 124 Å². The van der Waals surface area contributed by atoms with Crippen molar-refractivity contribution in [3.63, 3.8) is 0 Å². The Hall–Kier alpha value is -3.07. The van der Waals surface area contributed by atoms with Gasteiger partial charge < -0.3 is 43.6 Å². The van der Waals surface area contributed by atoms with Gasteiger partial charge in [0.2, 0.25) is 0 Å². The fraction of sp³-hybridized carbons (Fsp3) is 0.776. The molecule has 62 heavy (non-hydrogen) atoms. The van der Waals surface area contributed by atoms with Crippen LogP contribution in [0.25, 0.3) is 0 Å². The minimum Gasteiger partial charge on any atom is -0.469 e. The Morgan fingerprint density at radius 3 is 2.68 bits per heavy atom. The van der Waals surface area contributed by atoms with E-state index in [2.05, 4.69) is 41.6 Å². The maximum Gasteiger partial charge on any atom is 0.339 e. The average Bonchev–Trinajstić information content (AvgIpc) is 3.52. The maximum absolute atomic E-state index is 15.3. The summed E-state index contributed by atoms with van der Waals surface area (Å²) in [5.74, 6) is -0.709. The molecule has 20 atom stereocenters. The van der Waals surface area contributed by atoms with Gasteiger partial charge in [0, 0.05) is 40.8 Å². The maximum atomic E-state index is 15.3. The van der Waals surface area contributed by atoms with Crippen LogP contribution in [-0.4, -0.2) is 106 Å². The molecule has 7 heterocycles. The number of carbonyl (C=O) groups excluding carboxylic acids is 3. The number of hydrogen-bond donors (Lipinski definition) is 4. The van der Waals surface area contributed by atoms with Crippen molar-refractivity contribution in [2.75, 3.05) is 26.4 Å². The summed E-state index contributed by atoms with van der Waals surface area (Å²) >= 11 is 0. The number of aliphatic hydroxyl groups excluding tert-OH is 3. The Kier molecular flexibility index (Phi) is 7.75. The van der Waals surface area contributed by atoms with Crippen molar-refractivity contribution in [2.45, 2.75) is 133 Å². The van der Waals surface area contributed by atoms with Crippen LogP contribution < -0.4 is 5.32 Å². The highest BCUT2D eigenvalue weighted by atomic mass is 16.7. The number of aliphatic hydroxyl groups is 3. The summed E-state index contributed by atoms with van der Waals surface area (Å²) in [7, 11) is 0. The quantitative estimate of drug-likeness (QED) is 0.184. The van der Waals surface area contributed by atoms with Crippen LogP contribution in [-0.2, 0) is 39.8 Å². The number of allylic oxidation sites excluding steroid dienone is 2. The number of ether oxygens (including phenoxy) is 4. The first kappa shape index (κ1) is 39.3. The first-order valence-electron chi connectivity index (χ1n) is 23.8. The van der Waals surface area contributed by atoms with E-state index in [0.29, 0.717) is 54.4 Å². The Bertz CT molecular complexity index is 2220. The van der Waals surface area contributed by atoms with Gasteiger partial charge in [0.25, 0.3) is 0 Å². The molecule has 4 N–H and O–H groups in total. The predicted molar refractivity (Wildman–Crippen MR) is 218 cm³/mol. The first-order chi connectivity index (χ1) is 29.6. The first-order valence-corrected chi connectivity index (χ1v) is 23.8. The van der Waals surface area contributed by atoms with Gasteiger partial charge in [-0.15, -0.1) is 0 Å². The number of nitrogens with one attached hydrogen (secondary N) is 1. The molecule has 0 radical (unpaired) electrons. The van der Waals surface area contributed by atoms with Crippen molar-refractivity contribution in [3.05, 3.63) is 48.1 Å². The zero-order chi connectivity index (χ0) is 42.7. The van der Waals surface area contributed by atoms with Crippen molar-refractivity contribution in [3.8, 4) is 0 Å². The van der Waals surface area contributed by atoms with E-state index < -0.39 is 80.7 Å². The van der Waals surface area contributed by atoms with Crippen molar-refractivity contribution in [1.82, 2.24) is 10.2 Å². The lowest BCUT2D eigenvalue weighted by Gasteiger charge is -2.68. The molecule has 6 aliphatic carbocycles. The minimum atomic E-state index is -1.48. The molecule has 6 aliphatic heterocycles. The third-order valence-electron chi connectivity index (χ3n) is 20.8. The molecule has 13 rings (SSSR count). The summed E-state index contributed by atoms with van der Waals surface area (Å²) in [6.07, 6.45) is 12.6. The number of fused-ring (bicyclic) bond motifs is 4. The third kappa shape index (κ3) is 4.24. The lowest BCUT2D eigenvalue weighted by Crippen LogP contribution is -2.78. The van der Waals surface area contributed by atoms with Gasteiger partial charge in [0.15, 0.2) is 11.9 Å². The molecule has 13 nitrogen and oxygen atoms in total. The molecule has 334 valence electrons. The average molecular weight is 855 g/mol. The second-order valence-electron chi connectivity index (χ2n) is 23.3. The van der Waals surface area contributed by atoms with E-state index in [1.165, 1.54) is 0 Å². The molecule has 0 aromatic carbocycles. The molecule has 12 aliphatic rings. The highest BCUT2D eigenvalue weighted by molar-refractivity contribution is 5.93. The largest absolute Gasteiger partial charge is 0.469 e. The van der Waals surface area contributed by atoms with Crippen molar-refractivity contribution in [2.24, 2.45) is 74.4 Å². The van der Waals surface area contributed by atoms with Crippen LogP contribution in [0.4, 0.5) is 0 Å². The van der Waals surface area contributed by atoms with Crippen LogP contribution in [0.3, 0.4) is 0 Å². The lowest BCUT2D eigenvalue weighted by atomic mass is 9.34. The molecular weight excluding hydrogens is 793 g/mol.